The van der Waals surface area contributed by atoms with E-state index in [1.165, 1.54) is 40.1 Å². The van der Waals surface area contributed by atoms with Crippen LogP contribution in [0.3, 0.4) is 0 Å². The molecule has 0 saturated carbocycles. The van der Waals surface area contributed by atoms with Gasteiger partial charge in [0.2, 0.25) is 0 Å². The molecule has 0 radical (unpaired) electrons. The number of anilines is 1. The maximum absolute atomic E-state index is 12.4. The fourth-order valence-electron chi connectivity index (χ4n) is 2.49. The van der Waals surface area contributed by atoms with Gasteiger partial charge in [-0.3, -0.25) is 10.1 Å². The van der Waals surface area contributed by atoms with Gasteiger partial charge in [0, 0.05) is 37.0 Å². The van der Waals surface area contributed by atoms with Crippen molar-refractivity contribution in [3.8, 4) is 0 Å². The van der Waals surface area contributed by atoms with E-state index < -0.39 is 16.1 Å². The van der Waals surface area contributed by atoms with E-state index >= 15 is 0 Å². The molecule has 0 aliphatic carbocycles. The maximum atomic E-state index is 12.4. The van der Waals surface area contributed by atoms with Gasteiger partial charge in [-0.2, -0.15) is 17.0 Å². The monoisotopic (exact) mass is 434 g/mol. The molecular weight excluding hydrogens is 419 g/mol. The fraction of sp³-hybridized carbons (Fsp3) is 0.333. The third-order valence-corrected chi connectivity index (χ3v) is 7.33. The maximum Gasteiger partial charge on any atom is 0.281 e. The zero-order valence-electron chi connectivity index (χ0n) is 14.0. The van der Waals surface area contributed by atoms with Crippen LogP contribution in [0.2, 0.25) is 10.0 Å². The van der Waals surface area contributed by atoms with Crippen molar-refractivity contribution in [1.29, 1.82) is 0 Å². The highest BCUT2D eigenvalue weighted by Gasteiger charge is 2.30. The molecule has 2 heterocycles. The predicted molar refractivity (Wildman–Crippen MR) is 103 cm³/mol. The molecule has 1 aliphatic rings. The molecule has 0 unspecified atom stereocenters. The van der Waals surface area contributed by atoms with Crippen LogP contribution in [0.15, 0.2) is 18.2 Å². The summed E-state index contributed by atoms with van der Waals surface area (Å²) in [6.45, 7) is 0.589. The number of thiazole rings is 1. The first-order chi connectivity index (χ1) is 12.2. The van der Waals surface area contributed by atoms with Gasteiger partial charge >= 0.3 is 0 Å². The summed E-state index contributed by atoms with van der Waals surface area (Å²) in [6, 6.07) is 4.64. The van der Waals surface area contributed by atoms with Gasteiger partial charge in [-0.25, -0.2) is 4.98 Å². The van der Waals surface area contributed by atoms with Crippen LogP contribution in [0.25, 0.3) is 0 Å². The lowest BCUT2D eigenvalue weighted by molar-refractivity contribution is 0.102. The second kappa shape index (κ2) is 7.41. The van der Waals surface area contributed by atoms with Gasteiger partial charge in [0.1, 0.15) is 0 Å². The van der Waals surface area contributed by atoms with Crippen LogP contribution >= 0.6 is 34.5 Å². The summed E-state index contributed by atoms with van der Waals surface area (Å²) in [5.74, 6) is -0.415. The summed E-state index contributed by atoms with van der Waals surface area (Å²) in [5.41, 5.74) is 1.05. The van der Waals surface area contributed by atoms with Crippen LogP contribution in [0.5, 0.6) is 0 Å². The highest BCUT2D eigenvalue weighted by molar-refractivity contribution is 7.86. The SMILES string of the molecule is CN(C)S(=O)(=O)N1CCc2nc(NC(=O)c3cc(Cl)ccc3Cl)sc2C1. The first-order valence-electron chi connectivity index (χ1n) is 7.61. The van der Waals surface area contributed by atoms with Crippen LogP contribution in [-0.2, 0) is 23.2 Å². The average Bonchev–Trinajstić information content (AvgIpc) is 2.97. The van der Waals surface area contributed by atoms with Gasteiger partial charge in [-0.05, 0) is 18.2 Å². The quantitative estimate of drug-likeness (QED) is 0.801. The number of nitrogens with one attached hydrogen (secondary N) is 1. The summed E-state index contributed by atoms with van der Waals surface area (Å²) >= 11 is 13.2. The Morgan fingerprint density at radius 3 is 2.77 bits per heavy atom. The summed E-state index contributed by atoms with van der Waals surface area (Å²) in [6.07, 6.45) is 0.493. The van der Waals surface area contributed by atoms with Crippen LogP contribution in [0, 0.1) is 0 Å². The molecule has 7 nitrogen and oxygen atoms in total. The molecule has 0 bridgehead atoms. The van der Waals surface area contributed by atoms with Crippen molar-refractivity contribution in [1.82, 2.24) is 13.6 Å². The molecule has 0 saturated heterocycles. The average molecular weight is 435 g/mol. The summed E-state index contributed by atoms with van der Waals surface area (Å²) in [4.78, 5) is 17.6. The lowest BCUT2D eigenvalue weighted by Gasteiger charge is -2.27. The molecule has 0 atom stereocenters. The minimum Gasteiger partial charge on any atom is -0.298 e. The third kappa shape index (κ3) is 3.88. The molecule has 3 rings (SSSR count). The molecule has 1 N–H and O–H groups in total. The van der Waals surface area contributed by atoms with Crippen molar-refractivity contribution in [2.45, 2.75) is 13.0 Å². The number of benzene rings is 1. The van der Waals surface area contributed by atoms with Crippen LogP contribution in [0.1, 0.15) is 20.9 Å². The molecule has 2 aromatic rings. The number of aromatic nitrogens is 1. The van der Waals surface area contributed by atoms with E-state index in [-0.39, 0.29) is 17.1 Å². The van der Waals surface area contributed by atoms with Gasteiger partial charge in [0.05, 0.1) is 22.8 Å². The minimum absolute atomic E-state index is 0.237. The number of carbonyl (C=O) groups is 1. The van der Waals surface area contributed by atoms with Gasteiger partial charge in [-0.1, -0.05) is 23.2 Å². The number of carbonyl (C=O) groups excluding carboxylic acids is 1. The number of fused-ring (bicyclic) bond motifs is 1. The predicted octanol–water partition coefficient (Wildman–Crippen LogP) is 2.87. The van der Waals surface area contributed by atoms with Crippen molar-refractivity contribution < 1.29 is 13.2 Å². The topological polar surface area (TPSA) is 82.6 Å². The number of hydrogen-bond acceptors (Lipinski definition) is 5. The molecule has 11 heteroatoms. The molecule has 0 fully saturated rings. The number of amides is 1. The Hall–Kier alpha value is -1.23. The lowest BCUT2D eigenvalue weighted by Crippen LogP contribution is -2.42. The van der Waals surface area contributed by atoms with Crippen molar-refractivity contribution in [3.05, 3.63) is 44.4 Å². The minimum atomic E-state index is -3.48. The standard InChI is InChI=1S/C15H16Cl2N4O3S2/c1-20(2)26(23,24)21-6-5-12-13(8-21)25-15(18-12)19-14(22)10-7-9(16)3-4-11(10)17/h3-4,7H,5-6,8H2,1-2H3,(H,18,19,22). The molecule has 1 amide bonds. The van der Waals surface area contributed by atoms with Gasteiger partial charge in [-0.15, -0.1) is 11.3 Å². The molecule has 26 heavy (non-hydrogen) atoms. The highest BCUT2D eigenvalue weighted by Crippen LogP contribution is 2.30. The Morgan fingerprint density at radius 2 is 2.08 bits per heavy atom. The van der Waals surface area contributed by atoms with E-state index in [2.05, 4.69) is 10.3 Å². The second-order valence-electron chi connectivity index (χ2n) is 5.84. The Bertz CT molecular complexity index is 960. The van der Waals surface area contributed by atoms with E-state index in [0.717, 1.165) is 10.6 Å². The normalized spacial score (nSPS) is 15.1. The Kier molecular flexibility index (Phi) is 5.57. The number of rotatable bonds is 4. The number of halogens is 2. The molecule has 1 aliphatic heterocycles. The first kappa shape index (κ1) is 19.5. The number of hydrogen-bond donors (Lipinski definition) is 1. The van der Waals surface area contributed by atoms with Crippen molar-refractivity contribution >= 4 is 55.8 Å². The van der Waals surface area contributed by atoms with Crippen molar-refractivity contribution in [2.75, 3.05) is 26.0 Å². The van der Waals surface area contributed by atoms with E-state index in [0.29, 0.717) is 23.1 Å². The van der Waals surface area contributed by atoms with Crippen LogP contribution in [0.4, 0.5) is 5.13 Å². The number of nitrogens with zero attached hydrogens (tertiary/aromatic N) is 3. The van der Waals surface area contributed by atoms with E-state index in [4.69, 9.17) is 23.2 Å². The van der Waals surface area contributed by atoms with Crippen LogP contribution < -0.4 is 5.32 Å². The van der Waals surface area contributed by atoms with Crippen LogP contribution in [-0.4, -0.2) is 48.6 Å². The van der Waals surface area contributed by atoms with Gasteiger partial charge in [0.25, 0.3) is 16.1 Å². The first-order valence-corrected chi connectivity index (χ1v) is 10.6. The zero-order valence-corrected chi connectivity index (χ0v) is 17.1. The highest BCUT2D eigenvalue weighted by atomic mass is 35.5. The second-order valence-corrected chi connectivity index (χ2v) is 9.91. The largest absolute Gasteiger partial charge is 0.298 e. The summed E-state index contributed by atoms with van der Waals surface area (Å²) in [7, 11) is -0.488. The molecular formula is C15H16Cl2N4O3S2. The zero-order chi connectivity index (χ0) is 19.1. The summed E-state index contributed by atoms with van der Waals surface area (Å²) in [5, 5.41) is 3.80. The molecule has 140 valence electrons. The van der Waals surface area contributed by atoms with E-state index in [1.54, 1.807) is 12.1 Å². The molecule has 1 aromatic heterocycles. The molecule has 0 spiro atoms. The Labute approximate surface area is 165 Å². The van der Waals surface area contributed by atoms with E-state index in [1.807, 2.05) is 0 Å². The van der Waals surface area contributed by atoms with Crippen molar-refractivity contribution in [3.63, 3.8) is 0 Å². The summed E-state index contributed by atoms with van der Waals surface area (Å²) < 4.78 is 27.1. The smallest absolute Gasteiger partial charge is 0.281 e. The van der Waals surface area contributed by atoms with Gasteiger partial charge in [0.15, 0.2) is 5.13 Å². The Morgan fingerprint density at radius 1 is 1.35 bits per heavy atom. The van der Waals surface area contributed by atoms with E-state index in [9.17, 15) is 13.2 Å². The lowest BCUT2D eigenvalue weighted by atomic mass is 10.2. The molecule has 1 aromatic carbocycles. The fourth-order valence-corrected chi connectivity index (χ4v) is 5.04. The van der Waals surface area contributed by atoms with Crippen molar-refractivity contribution in [2.24, 2.45) is 0 Å². The Balaban J connectivity index is 1.78. The third-order valence-electron chi connectivity index (χ3n) is 3.88. The van der Waals surface area contributed by atoms with Gasteiger partial charge < -0.3 is 0 Å².